The van der Waals surface area contributed by atoms with Crippen molar-refractivity contribution in [2.24, 2.45) is 0 Å². The molecule has 1 rings (SSSR count). The first kappa shape index (κ1) is 10.7. The fraction of sp³-hybridized carbons (Fsp3) is 0.455. The summed E-state index contributed by atoms with van der Waals surface area (Å²) in [6, 6.07) is 4.29. The zero-order chi connectivity index (χ0) is 9.84. The van der Waals surface area contributed by atoms with Crippen LogP contribution in [0.4, 0.5) is 0 Å². The molecule has 0 atom stereocenters. The molecular formula is C11H16BrN. The molecule has 1 N–H and O–H groups in total. The Labute approximate surface area is 88.7 Å². The van der Waals surface area contributed by atoms with Crippen molar-refractivity contribution in [3.05, 3.63) is 33.3 Å². The van der Waals surface area contributed by atoms with Crippen molar-refractivity contribution in [1.82, 2.24) is 5.32 Å². The summed E-state index contributed by atoms with van der Waals surface area (Å²) in [6.45, 7) is 5.38. The third-order valence-corrected chi connectivity index (χ3v) is 3.25. The van der Waals surface area contributed by atoms with Crippen LogP contribution >= 0.6 is 15.9 Å². The van der Waals surface area contributed by atoms with Crippen molar-refractivity contribution >= 4 is 15.9 Å². The largest absolute Gasteiger partial charge is 0.319 e. The third kappa shape index (κ3) is 2.55. The number of hydrogen-bond acceptors (Lipinski definition) is 1. The molecule has 13 heavy (non-hydrogen) atoms. The molecule has 0 amide bonds. The minimum absolute atomic E-state index is 1.04. The van der Waals surface area contributed by atoms with Gasteiger partial charge >= 0.3 is 0 Å². The lowest BCUT2D eigenvalue weighted by atomic mass is 10.0. The van der Waals surface area contributed by atoms with Gasteiger partial charge in [0.2, 0.25) is 0 Å². The van der Waals surface area contributed by atoms with E-state index in [0.717, 1.165) is 13.0 Å². The molecule has 1 aromatic carbocycles. The van der Waals surface area contributed by atoms with E-state index in [1.54, 1.807) is 0 Å². The standard InChI is InChI=1S/C11H16BrN/c1-8-4-5-11(12)9(2)10(8)6-7-13-3/h4-5,13H,6-7H2,1-3H3. The lowest BCUT2D eigenvalue weighted by Gasteiger charge is -2.10. The zero-order valence-corrected chi connectivity index (χ0v) is 10.0. The van der Waals surface area contributed by atoms with Crippen LogP contribution in [0.15, 0.2) is 16.6 Å². The summed E-state index contributed by atoms with van der Waals surface area (Å²) in [5, 5.41) is 3.17. The number of benzene rings is 1. The molecule has 0 fully saturated rings. The van der Waals surface area contributed by atoms with Crippen LogP contribution in [0.2, 0.25) is 0 Å². The second kappa shape index (κ2) is 4.77. The lowest BCUT2D eigenvalue weighted by Crippen LogP contribution is -2.12. The van der Waals surface area contributed by atoms with E-state index < -0.39 is 0 Å². The van der Waals surface area contributed by atoms with Crippen molar-refractivity contribution in [2.45, 2.75) is 20.3 Å². The monoisotopic (exact) mass is 241 g/mol. The molecule has 0 spiro atoms. The van der Waals surface area contributed by atoms with E-state index in [4.69, 9.17) is 0 Å². The number of nitrogens with one attached hydrogen (secondary N) is 1. The Bertz CT molecular complexity index is 294. The smallest absolute Gasteiger partial charge is 0.0207 e. The minimum Gasteiger partial charge on any atom is -0.319 e. The lowest BCUT2D eigenvalue weighted by molar-refractivity contribution is 0.785. The number of halogens is 1. The summed E-state index contributed by atoms with van der Waals surface area (Å²) in [5.41, 5.74) is 4.22. The molecule has 0 aliphatic heterocycles. The van der Waals surface area contributed by atoms with Gasteiger partial charge < -0.3 is 5.32 Å². The first-order valence-corrected chi connectivity index (χ1v) is 5.35. The number of rotatable bonds is 3. The van der Waals surface area contributed by atoms with E-state index in [1.807, 2.05) is 7.05 Å². The highest BCUT2D eigenvalue weighted by molar-refractivity contribution is 9.10. The molecule has 0 aromatic heterocycles. The quantitative estimate of drug-likeness (QED) is 0.859. The molecule has 1 nitrogen and oxygen atoms in total. The fourth-order valence-electron chi connectivity index (χ4n) is 1.50. The van der Waals surface area contributed by atoms with Crippen LogP contribution < -0.4 is 5.32 Å². The van der Waals surface area contributed by atoms with Crippen LogP contribution in [0.3, 0.4) is 0 Å². The predicted octanol–water partition coefficient (Wildman–Crippen LogP) is 2.83. The summed E-state index contributed by atoms with van der Waals surface area (Å²) < 4.78 is 1.21. The molecule has 0 saturated heterocycles. The van der Waals surface area contributed by atoms with E-state index in [9.17, 15) is 0 Å². The van der Waals surface area contributed by atoms with Crippen molar-refractivity contribution in [1.29, 1.82) is 0 Å². The van der Waals surface area contributed by atoms with Gasteiger partial charge in [0, 0.05) is 4.47 Å². The minimum atomic E-state index is 1.04. The average molecular weight is 242 g/mol. The number of aryl methyl sites for hydroxylation is 1. The fourth-order valence-corrected chi connectivity index (χ4v) is 1.87. The summed E-state index contributed by atoms with van der Waals surface area (Å²) >= 11 is 3.55. The summed E-state index contributed by atoms with van der Waals surface area (Å²) in [6.07, 6.45) is 1.10. The first-order valence-electron chi connectivity index (χ1n) is 4.56. The molecule has 0 unspecified atom stereocenters. The molecule has 0 aliphatic carbocycles. The maximum absolute atomic E-state index is 3.55. The summed E-state index contributed by atoms with van der Waals surface area (Å²) in [5.74, 6) is 0. The Morgan fingerprint density at radius 3 is 2.62 bits per heavy atom. The van der Waals surface area contributed by atoms with Crippen molar-refractivity contribution in [3.63, 3.8) is 0 Å². The zero-order valence-electron chi connectivity index (χ0n) is 8.45. The molecule has 1 aromatic rings. The highest BCUT2D eigenvalue weighted by Crippen LogP contribution is 2.22. The van der Waals surface area contributed by atoms with E-state index in [2.05, 4.69) is 47.2 Å². The molecule has 0 radical (unpaired) electrons. The maximum atomic E-state index is 3.55. The van der Waals surface area contributed by atoms with Gasteiger partial charge in [0.25, 0.3) is 0 Å². The van der Waals surface area contributed by atoms with Crippen molar-refractivity contribution in [3.8, 4) is 0 Å². The Hall–Kier alpha value is -0.340. The van der Waals surface area contributed by atoms with Gasteiger partial charge in [0.1, 0.15) is 0 Å². The van der Waals surface area contributed by atoms with Gasteiger partial charge in [0.15, 0.2) is 0 Å². The van der Waals surface area contributed by atoms with Gasteiger partial charge in [-0.1, -0.05) is 22.0 Å². The van der Waals surface area contributed by atoms with Crippen LogP contribution in [0.25, 0.3) is 0 Å². The Morgan fingerprint density at radius 1 is 1.31 bits per heavy atom. The van der Waals surface area contributed by atoms with E-state index in [0.29, 0.717) is 0 Å². The predicted molar refractivity (Wildman–Crippen MR) is 61.2 cm³/mol. The second-order valence-electron chi connectivity index (χ2n) is 3.32. The van der Waals surface area contributed by atoms with Gasteiger partial charge in [0.05, 0.1) is 0 Å². The molecule has 0 aliphatic rings. The van der Waals surface area contributed by atoms with E-state index in [-0.39, 0.29) is 0 Å². The van der Waals surface area contributed by atoms with Crippen molar-refractivity contribution in [2.75, 3.05) is 13.6 Å². The Balaban J connectivity index is 2.96. The normalized spacial score (nSPS) is 10.5. The molecule has 2 heteroatoms. The average Bonchev–Trinajstić information content (AvgIpc) is 2.12. The molecule has 0 heterocycles. The SMILES string of the molecule is CNCCc1c(C)ccc(Br)c1C. The van der Waals surface area contributed by atoms with Gasteiger partial charge in [-0.3, -0.25) is 0 Å². The van der Waals surface area contributed by atoms with Gasteiger partial charge in [-0.2, -0.15) is 0 Å². The number of likely N-dealkylation sites (N-methyl/N-ethyl adjacent to an activating group) is 1. The molecular weight excluding hydrogens is 226 g/mol. The Kier molecular flexibility index (Phi) is 3.94. The van der Waals surface area contributed by atoms with Gasteiger partial charge in [-0.25, -0.2) is 0 Å². The van der Waals surface area contributed by atoms with Crippen molar-refractivity contribution < 1.29 is 0 Å². The van der Waals surface area contributed by atoms with Crippen LogP contribution in [0.5, 0.6) is 0 Å². The highest BCUT2D eigenvalue weighted by Gasteiger charge is 2.04. The first-order chi connectivity index (χ1) is 6.16. The third-order valence-electron chi connectivity index (χ3n) is 2.39. The molecule has 0 bridgehead atoms. The Morgan fingerprint density at radius 2 is 2.00 bits per heavy atom. The number of hydrogen-bond donors (Lipinski definition) is 1. The molecule has 72 valence electrons. The topological polar surface area (TPSA) is 12.0 Å². The summed E-state index contributed by atoms with van der Waals surface area (Å²) in [7, 11) is 1.99. The van der Waals surface area contributed by atoms with Crippen LogP contribution in [-0.4, -0.2) is 13.6 Å². The van der Waals surface area contributed by atoms with Crippen LogP contribution in [0, 0.1) is 13.8 Å². The second-order valence-corrected chi connectivity index (χ2v) is 4.18. The highest BCUT2D eigenvalue weighted by atomic mass is 79.9. The van der Waals surface area contributed by atoms with Crippen LogP contribution in [-0.2, 0) is 6.42 Å². The van der Waals surface area contributed by atoms with Gasteiger partial charge in [-0.15, -0.1) is 0 Å². The van der Waals surface area contributed by atoms with Crippen LogP contribution in [0.1, 0.15) is 16.7 Å². The molecule has 0 saturated carbocycles. The summed E-state index contributed by atoms with van der Waals surface area (Å²) in [4.78, 5) is 0. The maximum Gasteiger partial charge on any atom is 0.0207 e. The van der Waals surface area contributed by atoms with Gasteiger partial charge in [-0.05, 0) is 56.6 Å². The van der Waals surface area contributed by atoms with E-state index >= 15 is 0 Å². The van der Waals surface area contributed by atoms with E-state index in [1.165, 1.54) is 21.2 Å².